The van der Waals surface area contributed by atoms with Crippen molar-refractivity contribution in [3.8, 4) is 0 Å². The molecule has 2 nitrogen and oxygen atoms in total. The van der Waals surface area contributed by atoms with Crippen LogP contribution in [0.1, 0.15) is 19.4 Å². The van der Waals surface area contributed by atoms with E-state index in [1.165, 1.54) is 0 Å². The Hall–Kier alpha value is -0.830. The number of hydrogen-bond acceptors (Lipinski definition) is 2. The van der Waals surface area contributed by atoms with Crippen LogP contribution in [0.4, 0.5) is 0 Å². The first kappa shape index (κ1) is 12.2. The van der Waals surface area contributed by atoms with Crippen molar-refractivity contribution in [2.45, 2.75) is 25.7 Å². The fraction of sp³-hybridized carbons (Fsp3) is 0.400. The Labute approximate surface area is 81.0 Å². The van der Waals surface area contributed by atoms with E-state index in [1.54, 1.807) is 18.6 Å². The van der Waals surface area contributed by atoms with Crippen LogP contribution in [0.2, 0.25) is 0 Å². The Balaban J connectivity index is 0.000000671. The first-order valence-electron chi connectivity index (χ1n) is 4.24. The number of nitrogens with zero attached hydrogens (tertiary/aromatic N) is 1. The summed E-state index contributed by atoms with van der Waals surface area (Å²) < 4.78 is 11.4. The molecule has 0 bridgehead atoms. The maximum absolute atomic E-state index is 11.4. The molecule has 1 rings (SSSR count). The molecule has 0 saturated carbocycles. The van der Waals surface area contributed by atoms with E-state index in [4.69, 9.17) is 0 Å². The highest BCUT2D eigenvalue weighted by Crippen LogP contribution is 2.07. The highest BCUT2D eigenvalue weighted by atomic mass is 32.2. The quantitative estimate of drug-likeness (QED) is 0.648. The molecule has 0 N–H and O–H groups in total. The average molecular weight is 199 g/mol. The zero-order valence-corrected chi connectivity index (χ0v) is 9.52. The molecule has 3 heteroatoms. The summed E-state index contributed by atoms with van der Waals surface area (Å²) in [6, 6.07) is 1.85. The number of aryl methyl sites for hydroxylation is 1. The van der Waals surface area contributed by atoms with Crippen molar-refractivity contribution in [3.63, 3.8) is 0 Å². The fourth-order valence-corrected chi connectivity index (χ4v) is 1.48. The van der Waals surface area contributed by atoms with Gasteiger partial charge >= 0.3 is 0 Å². The Bertz CT molecular complexity index is 355. The van der Waals surface area contributed by atoms with Gasteiger partial charge in [0, 0.05) is 23.5 Å². The number of rotatable bonds is 1. The first-order chi connectivity index (χ1) is 6.00. The summed E-state index contributed by atoms with van der Waals surface area (Å²) >= 11 is 0. The molecule has 0 amide bonds. The predicted molar refractivity (Wildman–Crippen MR) is 59.8 cm³/mol. The zero-order valence-electron chi connectivity index (χ0n) is 8.70. The zero-order chi connectivity index (χ0) is 10.5. The molecule has 0 saturated heterocycles. The van der Waals surface area contributed by atoms with Gasteiger partial charge < -0.3 is 0 Å². The van der Waals surface area contributed by atoms with Gasteiger partial charge in [-0.3, -0.25) is 9.19 Å². The molecule has 74 valence electrons. The summed E-state index contributed by atoms with van der Waals surface area (Å²) in [5.74, 6) is 3.57. The molecule has 0 aliphatic carbocycles. The second-order valence-electron chi connectivity index (χ2n) is 2.70. The van der Waals surface area contributed by atoms with Crippen LogP contribution in [-0.4, -0.2) is 21.3 Å². The molecule has 13 heavy (non-hydrogen) atoms. The van der Waals surface area contributed by atoms with Gasteiger partial charge in [0.1, 0.15) is 0 Å². The van der Waals surface area contributed by atoms with E-state index in [-0.39, 0.29) is 0 Å². The smallest absolute Gasteiger partial charge is 0.0488 e. The summed E-state index contributed by atoms with van der Waals surface area (Å²) in [5, 5.41) is 0. The SMILES string of the molecule is C=S(C)(=O)c1cncc(C)c1.CC. The summed E-state index contributed by atoms with van der Waals surface area (Å²) in [6.07, 6.45) is 4.94. The van der Waals surface area contributed by atoms with Gasteiger partial charge in [-0.05, 0) is 33.9 Å². The van der Waals surface area contributed by atoms with E-state index in [0.29, 0.717) is 0 Å². The lowest BCUT2D eigenvalue weighted by Crippen LogP contribution is -1.97. The lowest BCUT2D eigenvalue weighted by molar-refractivity contribution is 0.684. The molecular weight excluding hydrogens is 182 g/mol. The minimum atomic E-state index is -2.09. The second-order valence-corrected chi connectivity index (χ2v) is 5.18. The van der Waals surface area contributed by atoms with Crippen molar-refractivity contribution >= 4 is 15.4 Å². The van der Waals surface area contributed by atoms with Crippen LogP contribution in [0.5, 0.6) is 0 Å². The first-order valence-corrected chi connectivity index (χ1v) is 6.37. The van der Waals surface area contributed by atoms with Gasteiger partial charge in [-0.25, -0.2) is 0 Å². The molecule has 0 spiro atoms. The summed E-state index contributed by atoms with van der Waals surface area (Å²) in [6.45, 7) is 5.92. The van der Waals surface area contributed by atoms with Gasteiger partial charge in [-0.1, -0.05) is 13.8 Å². The molecule has 0 aliphatic rings. The topological polar surface area (TPSA) is 30.0 Å². The summed E-state index contributed by atoms with van der Waals surface area (Å²) in [4.78, 5) is 4.65. The molecule has 0 fully saturated rings. The third kappa shape index (κ3) is 4.08. The largest absolute Gasteiger partial charge is 0.263 e. The van der Waals surface area contributed by atoms with Crippen molar-refractivity contribution in [1.82, 2.24) is 4.98 Å². The van der Waals surface area contributed by atoms with Crippen LogP contribution in [0.3, 0.4) is 0 Å². The van der Waals surface area contributed by atoms with Crippen LogP contribution in [0, 0.1) is 6.92 Å². The van der Waals surface area contributed by atoms with Crippen LogP contribution < -0.4 is 0 Å². The molecule has 1 heterocycles. The van der Waals surface area contributed by atoms with Crippen molar-refractivity contribution in [2.75, 3.05) is 6.26 Å². The second kappa shape index (κ2) is 5.02. The van der Waals surface area contributed by atoms with Gasteiger partial charge in [0.2, 0.25) is 0 Å². The van der Waals surface area contributed by atoms with Crippen molar-refractivity contribution in [3.05, 3.63) is 24.0 Å². The summed E-state index contributed by atoms with van der Waals surface area (Å²) in [7, 11) is -2.09. The number of pyridine rings is 1. The Kier molecular flexibility index (Phi) is 4.70. The van der Waals surface area contributed by atoms with Crippen LogP contribution in [0.15, 0.2) is 23.4 Å². The number of aromatic nitrogens is 1. The van der Waals surface area contributed by atoms with Crippen LogP contribution in [0.25, 0.3) is 0 Å². The van der Waals surface area contributed by atoms with Crippen LogP contribution in [-0.2, 0) is 9.52 Å². The molecule has 0 aromatic carbocycles. The van der Waals surface area contributed by atoms with Crippen molar-refractivity contribution in [2.24, 2.45) is 0 Å². The average Bonchev–Trinajstić information content (AvgIpc) is 2.06. The minimum absolute atomic E-state index is 0.720. The molecule has 0 radical (unpaired) electrons. The van der Waals surface area contributed by atoms with E-state index in [0.717, 1.165) is 10.5 Å². The number of hydrogen-bond donors (Lipinski definition) is 0. The van der Waals surface area contributed by atoms with Gasteiger partial charge in [0.05, 0.1) is 0 Å². The monoisotopic (exact) mass is 199 g/mol. The van der Waals surface area contributed by atoms with E-state index < -0.39 is 9.52 Å². The lowest BCUT2D eigenvalue weighted by atomic mass is 10.3. The lowest BCUT2D eigenvalue weighted by Gasteiger charge is -2.01. The van der Waals surface area contributed by atoms with Gasteiger partial charge in [0.15, 0.2) is 0 Å². The summed E-state index contributed by atoms with van der Waals surface area (Å²) in [5.41, 5.74) is 1.01. The van der Waals surface area contributed by atoms with Gasteiger partial charge in [-0.15, -0.1) is 0 Å². The van der Waals surface area contributed by atoms with Crippen molar-refractivity contribution in [1.29, 1.82) is 0 Å². The maximum Gasteiger partial charge on any atom is 0.0488 e. The molecule has 1 aromatic heterocycles. The molecule has 1 atom stereocenters. The fourth-order valence-electron chi connectivity index (χ4n) is 0.763. The third-order valence-corrected chi connectivity index (χ3v) is 2.57. The van der Waals surface area contributed by atoms with Gasteiger partial charge in [-0.2, -0.15) is 0 Å². The minimum Gasteiger partial charge on any atom is -0.263 e. The van der Waals surface area contributed by atoms with E-state index in [9.17, 15) is 4.21 Å². The molecule has 1 unspecified atom stereocenters. The maximum atomic E-state index is 11.4. The third-order valence-electron chi connectivity index (χ3n) is 1.35. The molecule has 0 aliphatic heterocycles. The van der Waals surface area contributed by atoms with E-state index in [1.807, 2.05) is 26.8 Å². The standard InChI is InChI=1S/C8H11NOS.C2H6/c1-7-4-8(6-9-5-7)11(2,3)10;1-2/h4-6H,2H2,1,3H3;1-2H3. The molecular formula is C10H17NOS. The van der Waals surface area contributed by atoms with Crippen molar-refractivity contribution < 1.29 is 4.21 Å². The highest BCUT2D eigenvalue weighted by molar-refractivity contribution is 7.99. The normalized spacial score (nSPS) is 13.8. The Morgan fingerprint density at radius 3 is 2.23 bits per heavy atom. The van der Waals surface area contributed by atoms with Gasteiger partial charge in [0.25, 0.3) is 0 Å². The van der Waals surface area contributed by atoms with Crippen LogP contribution >= 0.6 is 0 Å². The highest BCUT2D eigenvalue weighted by Gasteiger charge is 1.99. The Morgan fingerprint density at radius 2 is 1.92 bits per heavy atom. The van der Waals surface area contributed by atoms with E-state index in [2.05, 4.69) is 10.9 Å². The predicted octanol–water partition coefficient (Wildman–Crippen LogP) is 2.12. The van der Waals surface area contributed by atoms with E-state index >= 15 is 0 Å². The Morgan fingerprint density at radius 1 is 1.38 bits per heavy atom. The molecule has 1 aromatic rings.